The summed E-state index contributed by atoms with van der Waals surface area (Å²) < 4.78 is 19.1. The van der Waals surface area contributed by atoms with Crippen LogP contribution in [-0.4, -0.2) is 9.91 Å². The average Bonchev–Trinajstić information content (AvgIpc) is 2.38. The van der Waals surface area contributed by atoms with E-state index in [1.54, 1.807) is 18.3 Å². The molecular formula is C12H8BrFN2O3. The van der Waals surface area contributed by atoms with E-state index < -0.39 is 10.7 Å². The second-order valence-electron chi connectivity index (χ2n) is 3.63. The zero-order valence-corrected chi connectivity index (χ0v) is 11.1. The van der Waals surface area contributed by atoms with Crippen LogP contribution in [0, 0.1) is 15.9 Å². The number of nitro groups is 1. The van der Waals surface area contributed by atoms with Gasteiger partial charge in [0.05, 0.1) is 10.6 Å². The number of ether oxygens (including phenoxy) is 1. The lowest BCUT2D eigenvalue weighted by Crippen LogP contribution is -2.01. The fraction of sp³-hybridized carbons (Fsp3) is 0.0833. The van der Waals surface area contributed by atoms with Gasteiger partial charge < -0.3 is 4.74 Å². The molecule has 0 aliphatic rings. The summed E-state index contributed by atoms with van der Waals surface area (Å²) in [5, 5.41) is 10.8. The maximum absolute atomic E-state index is 13.1. The molecule has 1 aromatic carbocycles. The number of benzene rings is 1. The van der Waals surface area contributed by atoms with E-state index in [-0.39, 0.29) is 18.0 Å². The molecule has 1 aromatic heterocycles. The van der Waals surface area contributed by atoms with Crippen LogP contribution in [0.3, 0.4) is 0 Å². The highest BCUT2D eigenvalue weighted by Crippen LogP contribution is 2.28. The third-order valence-corrected chi connectivity index (χ3v) is 2.75. The van der Waals surface area contributed by atoms with Gasteiger partial charge in [-0.2, -0.15) is 0 Å². The minimum absolute atomic E-state index is 0.0254. The molecule has 0 atom stereocenters. The highest BCUT2D eigenvalue weighted by molar-refractivity contribution is 9.10. The number of rotatable bonds is 4. The number of pyridine rings is 1. The van der Waals surface area contributed by atoms with E-state index >= 15 is 0 Å². The monoisotopic (exact) mass is 326 g/mol. The molecule has 0 amide bonds. The van der Waals surface area contributed by atoms with Crippen LogP contribution in [-0.2, 0) is 6.61 Å². The van der Waals surface area contributed by atoms with Gasteiger partial charge in [0.15, 0.2) is 5.75 Å². The van der Waals surface area contributed by atoms with Crippen LogP contribution in [0.5, 0.6) is 5.75 Å². The van der Waals surface area contributed by atoms with Gasteiger partial charge in [-0.15, -0.1) is 0 Å². The predicted octanol–water partition coefficient (Wildman–Crippen LogP) is 3.47. The Labute approximate surface area is 116 Å². The van der Waals surface area contributed by atoms with Crippen molar-refractivity contribution in [3.05, 3.63) is 62.6 Å². The van der Waals surface area contributed by atoms with Gasteiger partial charge in [0.1, 0.15) is 12.4 Å². The molecule has 0 fully saturated rings. The van der Waals surface area contributed by atoms with Crippen molar-refractivity contribution in [2.75, 3.05) is 0 Å². The van der Waals surface area contributed by atoms with Crippen LogP contribution in [0.4, 0.5) is 10.1 Å². The summed E-state index contributed by atoms with van der Waals surface area (Å²) in [6, 6.07) is 6.54. The lowest BCUT2D eigenvalue weighted by Gasteiger charge is -2.06. The zero-order valence-electron chi connectivity index (χ0n) is 9.55. The normalized spacial score (nSPS) is 10.2. The highest BCUT2D eigenvalue weighted by atomic mass is 79.9. The van der Waals surface area contributed by atoms with Crippen LogP contribution in [0.15, 0.2) is 41.0 Å². The van der Waals surface area contributed by atoms with Crippen molar-refractivity contribution in [3.8, 4) is 5.75 Å². The van der Waals surface area contributed by atoms with Crippen molar-refractivity contribution in [2.24, 2.45) is 0 Å². The largest absolute Gasteiger partial charge is 0.480 e. The van der Waals surface area contributed by atoms with Gasteiger partial charge in [-0.05, 0) is 34.1 Å². The van der Waals surface area contributed by atoms with Gasteiger partial charge in [0.25, 0.3) is 0 Å². The Bertz CT molecular complexity index is 604. The van der Waals surface area contributed by atoms with Crippen LogP contribution < -0.4 is 4.74 Å². The van der Waals surface area contributed by atoms with Gasteiger partial charge in [-0.25, -0.2) is 4.39 Å². The highest BCUT2D eigenvalue weighted by Gasteiger charge is 2.16. The lowest BCUT2D eigenvalue weighted by atomic mass is 10.3. The molecule has 0 saturated carbocycles. The van der Waals surface area contributed by atoms with E-state index in [0.717, 1.165) is 22.7 Å². The van der Waals surface area contributed by atoms with E-state index in [4.69, 9.17) is 4.74 Å². The average molecular weight is 327 g/mol. The minimum atomic E-state index is -0.621. The molecule has 7 heteroatoms. The van der Waals surface area contributed by atoms with Gasteiger partial charge in [-0.1, -0.05) is 0 Å². The van der Waals surface area contributed by atoms with E-state index in [0.29, 0.717) is 5.69 Å². The Balaban J connectivity index is 2.16. The second kappa shape index (κ2) is 5.75. The first-order chi connectivity index (χ1) is 9.06. The molecule has 0 bridgehead atoms. The Morgan fingerprint density at radius 3 is 2.79 bits per heavy atom. The molecule has 0 unspecified atom stereocenters. The van der Waals surface area contributed by atoms with Gasteiger partial charge in [-0.3, -0.25) is 15.1 Å². The molecule has 0 saturated heterocycles. The zero-order chi connectivity index (χ0) is 13.8. The second-order valence-corrected chi connectivity index (χ2v) is 4.54. The van der Waals surface area contributed by atoms with Crippen LogP contribution in [0.1, 0.15) is 5.69 Å². The van der Waals surface area contributed by atoms with Crippen molar-refractivity contribution in [3.63, 3.8) is 0 Å². The van der Waals surface area contributed by atoms with E-state index in [2.05, 4.69) is 20.9 Å². The van der Waals surface area contributed by atoms with Crippen LogP contribution in [0.25, 0.3) is 0 Å². The number of nitrogens with zero attached hydrogens (tertiary/aromatic N) is 2. The van der Waals surface area contributed by atoms with Crippen molar-refractivity contribution >= 4 is 21.6 Å². The topological polar surface area (TPSA) is 65.3 Å². The summed E-state index contributed by atoms with van der Waals surface area (Å²) in [5.74, 6) is -0.709. The SMILES string of the molecule is O=[N+]([O-])c1ccc(F)cc1OCc1ccc(Br)cn1. The molecular weight excluding hydrogens is 319 g/mol. The summed E-state index contributed by atoms with van der Waals surface area (Å²) in [7, 11) is 0. The first kappa shape index (κ1) is 13.4. The van der Waals surface area contributed by atoms with E-state index in [1.165, 1.54) is 0 Å². The number of nitro benzene ring substituents is 1. The molecule has 0 aliphatic heterocycles. The predicted molar refractivity (Wildman–Crippen MR) is 69.3 cm³/mol. The summed E-state index contributed by atoms with van der Waals surface area (Å²) in [6.07, 6.45) is 1.58. The number of halogens is 2. The third kappa shape index (κ3) is 3.47. The Kier molecular flexibility index (Phi) is 4.06. The first-order valence-corrected chi connectivity index (χ1v) is 6.03. The van der Waals surface area contributed by atoms with Gasteiger partial charge >= 0.3 is 5.69 Å². The Morgan fingerprint density at radius 1 is 1.37 bits per heavy atom. The van der Waals surface area contributed by atoms with Gasteiger partial charge in [0, 0.05) is 22.8 Å². The molecule has 1 heterocycles. The quantitative estimate of drug-likeness (QED) is 0.637. The van der Waals surface area contributed by atoms with Crippen molar-refractivity contribution in [1.29, 1.82) is 0 Å². The van der Waals surface area contributed by atoms with Crippen molar-refractivity contribution in [2.45, 2.75) is 6.61 Å². The minimum Gasteiger partial charge on any atom is -0.480 e. The maximum Gasteiger partial charge on any atom is 0.311 e. The third-order valence-electron chi connectivity index (χ3n) is 2.28. The molecule has 5 nitrogen and oxygen atoms in total. The Morgan fingerprint density at radius 2 is 2.16 bits per heavy atom. The van der Waals surface area contributed by atoms with Crippen molar-refractivity contribution < 1.29 is 14.1 Å². The fourth-order valence-electron chi connectivity index (χ4n) is 1.40. The van der Waals surface area contributed by atoms with Crippen molar-refractivity contribution in [1.82, 2.24) is 4.98 Å². The molecule has 2 aromatic rings. The summed E-state index contributed by atoms with van der Waals surface area (Å²) in [5.41, 5.74) is 0.306. The molecule has 0 aliphatic carbocycles. The molecule has 2 rings (SSSR count). The number of hydrogen-bond donors (Lipinski definition) is 0. The summed E-state index contributed by atoms with van der Waals surface area (Å²) in [6.45, 7) is 0.0254. The van der Waals surface area contributed by atoms with Gasteiger partial charge in [0.2, 0.25) is 0 Å². The number of hydrogen-bond acceptors (Lipinski definition) is 4. The number of aromatic nitrogens is 1. The molecule has 0 radical (unpaired) electrons. The standard InChI is InChI=1S/C12H8BrFN2O3/c13-8-1-3-10(15-6-8)7-19-12-5-9(14)2-4-11(12)16(17)18/h1-6H,7H2. The summed E-state index contributed by atoms with van der Waals surface area (Å²) in [4.78, 5) is 14.2. The first-order valence-electron chi connectivity index (χ1n) is 5.23. The smallest absolute Gasteiger partial charge is 0.311 e. The van der Waals surface area contributed by atoms with Crippen LogP contribution in [0.2, 0.25) is 0 Å². The van der Waals surface area contributed by atoms with Crippen LogP contribution >= 0.6 is 15.9 Å². The molecule has 0 N–H and O–H groups in total. The van der Waals surface area contributed by atoms with E-state index in [1.807, 2.05) is 0 Å². The summed E-state index contributed by atoms with van der Waals surface area (Å²) >= 11 is 3.24. The van der Waals surface area contributed by atoms with E-state index in [9.17, 15) is 14.5 Å². The Hall–Kier alpha value is -2.02. The molecule has 19 heavy (non-hydrogen) atoms. The maximum atomic E-state index is 13.1. The lowest BCUT2D eigenvalue weighted by molar-refractivity contribution is -0.386. The molecule has 98 valence electrons. The molecule has 0 spiro atoms. The fourth-order valence-corrected chi connectivity index (χ4v) is 1.63.